The number of rotatable bonds is 6. The maximum absolute atomic E-state index is 5.71. The van der Waals surface area contributed by atoms with Gasteiger partial charge in [0, 0.05) is 25.3 Å². The van der Waals surface area contributed by atoms with Crippen molar-refractivity contribution in [3.8, 4) is 0 Å². The molecule has 19 heavy (non-hydrogen) atoms. The van der Waals surface area contributed by atoms with Crippen LogP contribution in [0, 0.1) is 0 Å². The second-order valence-corrected chi connectivity index (χ2v) is 5.47. The fourth-order valence-corrected chi connectivity index (χ4v) is 3.18. The van der Waals surface area contributed by atoms with Gasteiger partial charge in [0.05, 0.1) is 0 Å². The van der Waals surface area contributed by atoms with E-state index in [4.69, 9.17) is 5.73 Å². The van der Waals surface area contributed by atoms with Crippen LogP contribution >= 0.6 is 0 Å². The summed E-state index contributed by atoms with van der Waals surface area (Å²) in [5.74, 6) is 0. The van der Waals surface area contributed by atoms with E-state index in [1.54, 1.807) is 0 Å². The molecule has 0 radical (unpaired) electrons. The van der Waals surface area contributed by atoms with Crippen molar-refractivity contribution < 1.29 is 0 Å². The summed E-state index contributed by atoms with van der Waals surface area (Å²) in [6.45, 7) is 6.54. The molecule has 2 N–H and O–H groups in total. The van der Waals surface area contributed by atoms with Gasteiger partial charge in [-0.15, -0.1) is 0 Å². The maximum Gasteiger partial charge on any atom is 0.0397 e. The maximum atomic E-state index is 5.71. The lowest BCUT2D eigenvalue weighted by molar-refractivity contribution is 0.270. The Kier molecular flexibility index (Phi) is 5.23. The highest BCUT2D eigenvalue weighted by atomic mass is 15.2. The summed E-state index contributed by atoms with van der Waals surface area (Å²) in [5, 5.41) is 0. The highest BCUT2D eigenvalue weighted by Crippen LogP contribution is 2.23. The second-order valence-electron chi connectivity index (χ2n) is 5.47. The van der Waals surface area contributed by atoms with Crippen LogP contribution in [0.3, 0.4) is 0 Å². The summed E-state index contributed by atoms with van der Waals surface area (Å²) in [7, 11) is 2.21. The quantitative estimate of drug-likeness (QED) is 0.851. The normalized spacial score (nSPS) is 19.8. The van der Waals surface area contributed by atoms with E-state index in [0.717, 1.165) is 19.5 Å². The van der Waals surface area contributed by atoms with E-state index in [1.807, 2.05) is 0 Å². The molecular weight excluding hydrogens is 234 g/mol. The Labute approximate surface area is 117 Å². The van der Waals surface area contributed by atoms with E-state index >= 15 is 0 Å². The fraction of sp³-hybridized carbons (Fsp3) is 0.625. The van der Waals surface area contributed by atoms with Gasteiger partial charge < -0.3 is 10.6 Å². The molecule has 1 atom stereocenters. The van der Waals surface area contributed by atoms with Crippen LogP contribution in [-0.2, 0) is 6.42 Å². The average molecular weight is 261 g/mol. The Morgan fingerprint density at radius 1 is 1.37 bits per heavy atom. The minimum absolute atomic E-state index is 0.709. The van der Waals surface area contributed by atoms with Crippen molar-refractivity contribution in [1.82, 2.24) is 4.90 Å². The summed E-state index contributed by atoms with van der Waals surface area (Å²) >= 11 is 0. The molecular formula is C16H27N3. The van der Waals surface area contributed by atoms with Gasteiger partial charge in [0.15, 0.2) is 0 Å². The van der Waals surface area contributed by atoms with Gasteiger partial charge in [-0.1, -0.05) is 25.1 Å². The van der Waals surface area contributed by atoms with Crippen molar-refractivity contribution in [2.24, 2.45) is 5.73 Å². The molecule has 3 heteroatoms. The first kappa shape index (κ1) is 14.4. The molecule has 3 nitrogen and oxygen atoms in total. The second kappa shape index (κ2) is 6.92. The molecule has 1 saturated heterocycles. The molecule has 0 bridgehead atoms. The monoisotopic (exact) mass is 261 g/mol. The van der Waals surface area contributed by atoms with Gasteiger partial charge in [-0.05, 0) is 50.5 Å². The number of likely N-dealkylation sites (tertiary alicyclic amines) is 1. The predicted molar refractivity (Wildman–Crippen MR) is 82.7 cm³/mol. The van der Waals surface area contributed by atoms with Crippen LogP contribution in [0.25, 0.3) is 0 Å². The number of nitrogens with zero attached hydrogens (tertiary/aromatic N) is 2. The lowest BCUT2D eigenvalue weighted by atomic mass is 10.1. The minimum atomic E-state index is 0.709. The van der Waals surface area contributed by atoms with Gasteiger partial charge in [0.1, 0.15) is 0 Å². The zero-order chi connectivity index (χ0) is 13.7. The third kappa shape index (κ3) is 3.48. The van der Waals surface area contributed by atoms with Crippen LogP contribution in [0.4, 0.5) is 5.69 Å². The lowest BCUT2D eigenvalue weighted by Gasteiger charge is -2.30. The van der Waals surface area contributed by atoms with Gasteiger partial charge >= 0.3 is 0 Å². The number of anilines is 1. The van der Waals surface area contributed by atoms with E-state index in [0.29, 0.717) is 6.04 Å². The van der Waals surface area contributed by atoms with Crippen LogP contribution in [-0.4, -0.2) is 44.2 Å². The number of hydrogen-bond acceptors (Lipinski definition) is 3. The zero-order valence-corrected chi connectivity index (χ0v) is 12.3. The topological polar surface area (TPSA) is 32.5 Å². The van der Waals surface area contributed by atoms with Crippen LogP contribution in [0.2, 0.25) is 0 Å². The first-order valence-corrected chi connectivity index (χ1v) is 7.49. The van der Waals surface area contributed by atoms with Gasteiger partial charge in [0.25, 0.3) is 0 Å². The largest absolute Gasteiger partial charge is 0.373 e. The third-order valence-electron chi connectivity index (χ3n) is 4.21. The van der Waals surface area contributed by atoms with Crippen molar-refractivity contribution >= 4 is 5.69 Å². The molecule has 0 spiro atoms. The van der Waals surface area contributed by atoms with Crippen molar-refractivity contribution in [3.63, 3.8) is 0 Å². The van der Waals surface area contributed by atoms with Gasteiger partial charge in [0.2, 0.25) is 0 Å². The zero-order valence-electron chi connectivity index (χ0n) is 12.3. The first-order valence-electron chi connectivity index (χ1n) is 7.49. The number of para-hydroxylation sites is 1. The van der Waals surface area contributed by atoms with E-state index in [-0.39, 0.29) is 0 Å². The summed E-state index contributed by atoms with van der Waals surface area (Å²) in [6, 6.07) is 9.36. The summed E-state index contributed by atoms with van der Waals surface area (Å²) in [4.78, 5) is 5.01. The molecule has 1 unspecified atom stereocenters. The van der Waals surface area contributed by atoms with Crippen molar-refractivity contribution in [2.75, 3.05) is 38.1 Å². The summed E-state index contributed by atoms with van der Waals surface area (Å²) < 4.78 is 0. The fourth-order valence-electron chi connectivity index (χ4n) is 3.18. The number of nitrogens with two attached hydrogens (primary N) is 1. The molecule has 1 fully saturated rings. The number of likely N-dealkylation sites (N-methyl/N-ethyl adjacent to an activating group) is 2. The molecule has 1 aromatic rings. The molecule has 0 aliphatic carbocycles. The Morgan fingerprint density at radius 3 is 2.89 bits per heavy atom. The smallest absolute Gasteiger partial charge is 0.0397 e. The third-order valence-corrected chi connectivity index (χ3v) is 4.21. The highest BCUT2D eigenvalue weighted by molar-refractivity contribution is 5.53. The van der Waals surface area contributed by atoms with Crippen LogP contribution in [0.15, 0.2) is 24.3 Å². The molecule has 0 aromatic heterocycles. The van der Waals surface area contributed by atoms with Crippen LogP contribution < -0.4 is 10.6 Å². The molecule has 1 aromatic carbocycles. The summed E-state index contributed by atoms with van der Waals surface area (Å²) in [6.07, 6.45) is 3.64. The van der Waals surface area contributed by atoms with Crippen molar-refractivity contribution in [2.45, 2.75) is 32.2 Å². The van der Waals surface area contributed by atoms with Crippen molar-refractivity contribution in [1.29, 1.82) is 0 Å². The van der Waals surface area contributed by atoms with Gasteiger partial charge in [-0.3, -0.25) is 4.90 Å². The van der Waals surface area contributed by atoms with E-state index in [1.165, 1.54) is 37.2 Å². The SMILES string of the molecule is CCN1CCCC1CN(C)c1ccccc1CCN. The average Bonchev–Trinajstić information content (AvgIpc) is 2.87. The van der Waals surface area contributed by atoms with Gasteiger partial charge in [-0.2, -0.15) is 0 Å². The lowest BCUT2D eigenvalue weighted by Crippen LogP contribution is -2.39. The Morgan fingerprint density at radius 2 is 2.16 bits per heavy atom. The first-order chi connectivity index (χ1) is 9.26. The van der Waals surface area contributed by atoms with E-state index in [9.17, 15) is 0 Å². The molecule has 1 heterocycles. The van der Waals surface area contributed by atoms with E-state index < -0.39 is 0 Å². The number of hydrogen-bond donors (Lipinski definition) is 1. The van der Waals surface area contributed by atoms with Gasteiger partial charge in [-0.25, -0.2) is 0 Å². The highest BCUT2D eigenvalue weighted by Gasteiger charge is 2.24. The predicted octanol–water partition coefficient (Wildman–Crippen LogP) is 2.11. The number of benzene rings is 1. The van der Waals surface area contributed by atoms with Crippen molar-refractivity contribution in [3.05, 3.63) is 29.8 Å². The summed E-state index contributed by atoms with van der Waals surface area (Å²) in [5.41, 5.74) is 8.42. The Hall–Kier alpha value is -1.06. The van der Waals surface area contributed by atoms with E-state index in [2.05, 4.69) is 48.0 Å². The Bertz CT molecular complexity index is 391. The van der Waals surface area contributed by atoms with Crippen LogP contribution in [0.1, 0.15) is 25.3 Å². The van der Waals surface area contributed by atoms with Crippen LogP contribution in [0.5, 0.6) is 0 Å². The standard InChI is InChI=1S/C16H27N3/c1-3-19-12-6-8-15(19)13-18(2)16-9-5-4-7-14(16)10-11-17/h4-5,7,9,15H,3,6,8,10-13,17H2,1-2H3. The molecule has 0 amide bonds. The Balaban J connectivity index is 2.05. The molecule has 0 saturated carbocycles. The molecule has 106 valence electrons. The minimum Gasteiger partial charge on any atom is -0.373 e. The molecule has 1 aliphatic rings. The molecule has 2 rings (SSSR count). The molecule has 1 aliphatic heterocycles.